The molecule has 238 valence electrons. The maximum Gasteiger partial charge on any atom is 0.407 e. The fourth-order valence-corrected chi connectivity index (χ4v) is 5.82. The number of benzene rings is 2. The number of nitrogens with one attached hydrogen (secondary N) is 2. The Hall–Kier alpha value is -4.44. The van der Waals surface area contributed by atoms with Crippen LogP contribution in [0.25, 0.3) is 16.6 Å². The van der Waals surface area contributed by atoms with Crippen LogP contribution in [0, 0.1) is 12.7 Å². The summed E-state index contributed by atoms with van der Waals surface area (Å²) in [6.45, 7) is 9.54. The Morgan fingerprint density at radius 1 is 1.13 bits per heavy atom. The third-order valence-electron chi connectivity index (χ3n) is 8.17. The fraction of sp³-hybridized carbons (Fsp3) is 0.400. The molecule has 9 nitrogen and oxygen atoms in total. The number of carbonyl (C=O) groups excluding carboxylic acids is 1. The second-order valence-corrected chi connectivity index (χ2v) is 12.8. The number of hydrogen-bond donors (Lipinski definition) is 4. The Bertz CT molecular complexity index is 1720. The topological polar surface area (TPSA) is 126 Å². The molecule has 5 N–H and O–H groups in total. The zero-order chi connectivity index (χ0) is 32.3. The van der Waals surface area contributed by atoms with E-state index in [1.54, 1.807) is 12.3 Å². The van der Waals surface area contributed by atoms with E-state index in [0.29, 0.717) is 17.7 Å². The van der Waals surface area contributed by atoms with Crippen LogP contribution < -0.4 is 16.4 Å². The minimum atomic E-state index is -0.551. The summed E-state index contributed by atoms with van der Waals surface area (Å²) in [4.78, 5) is 17.0. The standard InChI is InChI=1S/C35H43FN6O3/c1-6-23-9-10-25(36)17-30(23)41-33(37)29-18-38-42-19-24(28-15-22(20-43)8-7-21(28)2)16-31(42)32(29)39-26-11-13-27(14-12-26)40-34(44)45-35(3,4)5/h7-10,15-19,26-27,39,43H,6,11-14,20H2,1-5H3,(H2,37,41)(H,40,44)/t26-,27-. The third-order valence-corrected chi connectivity index (χ3v) is 8.17. The van der Waals surface area contributed by atoms with Gasteiger partial charge in [-0.25, -0.2) is 18.7 Å². The Balaban J connectivity index is 1.49. The molecule has 1 amide bonds. The van der Waals surface area contributed by atoms with Gasteiger partial charge >= 0.3 is 6.09 Å². The summed E-state index contributed by atoms with van der Waals surface area (Å²) in [6, 6.07) is 12.7. The van der Waals surface area contributed by atoms with Gasteiger partial charge in [0.15, 0.2) is 0 Å². The largest absolute Gasteiger partial charge is 0.444 e. The highest BCUT2D eigenvalue weighted by atomic mass is 19.1. The van der Waals surface area contributed by atoms with Crippen LogP contribution in [0.5, 0.6) is 0 Å². The molecule has 2 aromatic heterocycles. The van der Waals surface area contributed by atoms with E-state index in [1.165, 1.54) is 12.1 Å². The number of nitrogens with zero attached hydrogens (tertiary/aromatic N) is 3. The maximum absolute atomic E-state index is 14.2. The molecule has 0 aliphatic heterocycles. The average Bonchev–Trinajstić information content (AvgIpc) is 3.42. The zero-order valence-electron chi connectivity index (χ0n) is 26.7. The molecule has 0 atom stereocenters. The Labute approximate surface area is 263 Å². The van der Waals surface area contributed by atoms with Gasteiger partial charge < -0.3 is 26.2 Å². The molecular weight excluding hydrogens is 571 g/mol. The number of aliphatic imine (C=N–C) groups is 1. The van der Waals surface area contributed by atoms with Crippen LogP contribution in [0.2, 0.25) is 0 Å². The van der Waals surface area contributed by atoms with Crippen molar-refractivity contribution in [2.24, 2.45) is 10.7 Å². The van der Waals surface area contributed by atoms with Gasteiger partial charge in [0.25, 0.3) is 0 Å². The molecule has 2 heterocycles. The SMILES string of the molecule is CCc1ccc(F)cc1N=C(N)c1cnn2cc(-c3cc(CO)ccc3C)cc2c1N[C@H]1CC[C@H](NC(=O)OC(C)(C)C)CC1. The summed E-state index contributed by atoms with van der Waals surface area (Å²) in [5.74, 6) is -0.145. The first-order valence-electron chi connectivity index (χ1n) is 15.5. The highest BCUT2D eigenvalue weighted by molar-refractivity contribution is 6.06. The van der Waals surface area contributed by atoms with Gasteiger partial charge in [0.2, 0.25) is 0 Å². The van der Waals surface area contributed by atoms with E-state index < -0.39 is 11.7 Å². The van der Waals surface area contributed by atoms with Crippen LogP contribution in [-0.2, 0) is 17.8 Å². The molecular formula is C35H43FN6O3. The smallest absolute Gasteiger partial charge is 0.407 e. The van der Waals surface area contributed by atoms with E-state index in [2.05, 4.69) is 26.8 Å². The summed E-state index contributed by atoms with van der Waals surface area (Å²) in [5, 5.41) is 21.2. The van der Waals surface area contributed by atoms with Gasteiger partial charge in [0, 0.05) is 23.8 Å². The number of anilines is 1. The Kier molecular flexibility index (Phi) is 9.43. The number of nitrogens with two attached hydrogens (primary N) is 1. The van der Waals surface area contributed by atoms with Crippen molar-refractivity contribution in [2.75, 3.05) is 5.32 Å². The van der Waals surface area contributed by atoms with Crippen molar-refractivity contribution in [3.8, 4) is 11.1 Å². The number of aryl methyl sites for hydroxylation is 2. The lowest BCUT2D eigenvalue weighted by Crippen LogP contribution is -2.42. The predicted octanol–water partition coefficient (Wildman–Crippen LogP) is 6.79. The van der Waals surface area contributed by atoms with Crippen LogP contribution in [0.4, 0.5) is 20.6 Å². The number of fused-ring (bicyclic) bond motifs is 1. The molecule has 10 heteroatoms. The first-order valence-corrected chi connectivity index (χ1v) is 15.5. The summed E-state index contributed by atoms with van der Waals surface area (Å²) < 4.78 is 21.4. The summed E-state index contributed by atoms with van der Waals surface area (Å²) >= 11 is 0. The summed E-state index contributed by atoms with van der Waals surface area (Å²) in [7, 11) is 0. The predicted molar refractivity (Wildman–Crippen MR) is 176 cm³/mol. The lowest BCUT2D eigenvalue weighted by atomic mass is 9.91. The van der Waals surface area contributed by atoms with Crippen LogP contribution in [0.3, 0.4) is 0 Å². The molecule has 0 saturated heterocycles. The van der Waals surface area contributed by atoms with Gasteiger partial charge in [-0.2, -0.15) is 5.10 Å². The molecule has 0 unspecified atom stereocenters. The Morgan fingerprint density at radius 2 is 1.87 bits per heavy atom. The molecule has 4 aromatic rings. The number of aliphatic hydroxyl groups excluding tert-OH is 1. The Morgan fingerprint density at radius 3 is 2.56 bits per heavy atom. The molecule has 1 fully saturated rings. The molecule has 45 heavy (non-hydrogen) atoms. The number of aliphatic hydroxyl groups is 1. The molecule has 5 rings (SSSR count). The fourth-order valence-electron chi connectivity index (χ4n) is 5.82. The van der Waals surface area contributed by atoms with Gasteiger partial charge in [0.1, 0.15) is 17.3 Å². The highest BCUT2D eigenvalue weighted by Gasteiger charge is 2.26. The van der Waals surface area contributed by atoms with E-state index in [0.717, 1.165) is 64.7 Å². The quantitative estimate of drug-likeness (QED) is 0.128. The number of halogens is 1. The number of carbonyl (C=O) groups is 1. The highest BCUT2D eigenvalue weighted by Crippen LogP contribution is 2.33. The number of alkyl carbamates (subject to hydrolysis) is 1. The molecule has 0 bridgehead atoms. The lowest BCUT2D eigenvalue weighted by Gasteiger charge is -2.31. The monoisotopic (exact) mass is 614 g/mol. The minimum absolute atomic E-state index is 0.0311. The molecule has 0 spiro atoms. The van der Waals surface area contributed by atoms with E-state index in [1.807, 2.05) is 63.5 Å². The van der Waals surface area contributed by atoms with Crippen molar-refractivity contribution in [3.05, 3.63) is 82.9 Å². The van der Waals surface area contributed by atoms with E-state index in [9.17, 15) is 14.3 Å². The van der Waals surface area contributed by atoms with Crippen LogP contribution in [-0.4, -0.2) is 44.3 Å². The van der Waals surface area contributed by atoms with Gasteiger partial charge in [0.05, 0.1) is 35.3 Å². The van der Waals surface area contributed by atoms with E-state index in [4.69, 9.17) is 10.5 Å². The number of amidine groups is 1. The van der Waals surface area contributed by atoms with Gasteiger partial charge in [-0.05, 0) is 106 Å². The minimum Gasteiger partial charge on any atom is -0.444 e. The van der Waals surface area contributed by atoms with Crippen molar-refractivity contribution in [3.63, 3.8) is 0 Å². The normalized spacial score (nSPS) is 17.4. The molecule has 1 aliphatic carbocycles. The third kappa shape index (κ3) is 7.62. The second-order valence-electron chi connectivity index (χ2n) is 12.8. The summed E-state index contributed by atoms with van der Waals surface area (Å²) in [6.07, 6.45) is 7.16. The first-order chi connectivity index (χ1) is 21.4. The molecule has 1 saturated carbocycles. The first kappa shape index (κ1) is 32.0. The number of rotatable bonds is 8. The average molecular weight is 615 g/mol. The van der Waals surface area contributed by atoms with Crippen molar-refractivity contribution in [1.29, 1.82) is 0 Å². The molecule has 0 radical (unpaired) electrons. The number of aromatic nitrogens is 2. The van der Waals surface area contributed by atoms with Gasteiger partial charge in [-0.3, -0.25) is 0 Å². The lowest BCUT2D eigenvalue weighted by molar-refractivity contribution is 0.0492. The van der Waals surface area contributed by atoms with Gasteiger partial charge in [-0.15, -0.1) is 0 Å². The maximum atomic E-state index is 14.2. The van der Waals surface area contributed by atoms with E-state index in [-0.39, 0.29) is 30.3 Å². The number of amides is 1. The second kappa shape index (κ2) is 13.3. The number of ether oxygens (including phenoxy) is 1. The molecule has 2 aromatic carbocycles. The van der Waals surface area contributed by atoms with E-state index >= 15 is 0 Å². The van der Waals surface area contributed by atoms with Gasteiger partial charge in [-0.1, -0.05) is 25.1 Å². The van der Waals surface area contributed by atoms with Crippen LogP contribution in [0.1, 0.15) is 75.6 Å². The summed E-state index contributed by atoms with van der Waals surface area (Å²) in [5.41, 5.74) is 13.6. The van der Waals surface area contributed by atoms with Crippen molar-refractivity contribution >= 4 is 28.8 Å². The van der Waals surface area contributed by atoms with Crippen molar-refractivity contribution in [2.45, 2.75) is 91.0 Å². The number of hydrogen-bond acceptors (Lipinski definition) is 6. The van der Waals surface area contributed by atoms with Crippen molar-refractivity contribution < 1.29 is 19.0 Å². The van der Waals surface area contributed by atoms with Crippen LogP contribution >= 0.6 is 0 Å². The van der Waals surface area contributed by atoms with Crippen molar-refractivity contribution in [1.82, 2.24) is 14.9 Å². The molecule has 1 aliphatic rings. The van der Waals surface area contributed by atoms with Crippen LogP contribution in [0.15, 0.2) is 59.9 Å². The zero-order valence-corrected chi connectivity index (χ0v) is 26.7.